The van der Waals surface area contributed by atoms with Crippen LogP contribution in [0, 0.1) is 0 Å². The number of anilines is 1. The fourth-order valence-electron chi connectivity index (χ4n) is 3.37. The highest BCUT2D eigenvalue weighted by Crippen LogP contribution is 2.31. The SMILES string of the molecule is COC(=O)[C@@H](Nc1c(C(N)=O)cnn2cc(-c3ccccc3)cc12)c1ccccc1. The topological polar surface area (TPSA) is 98.7 Å². The van der Waals surface area contributed by atoms with Gasteiger partial charge in [-0.05, 0) is 17.2 Å². The van der Waals surface area contributed by atoms with Crippen molar-refractivity contribution in [2.24, 2.45) is 5.73 Å². The van der Waals surface area contributed by atoms with Gasteiger partial charge >= 0.3 is 5.97 Å². The van der Waals surface area contributed by atoms with Gasteiger partial charge in [0.25, 0.3) is 5.91 Å². The number of carbonyl (C=O) groups excluding carboxylic acids is 2. The molecule has 1 amide bonds. The van der Waals surface area contributed by atoms with Crippen molar-refractivity contribution in [2.75, 3.05) is 12.4 Å². The molecule has 7 nitrogen and oxygen atoms in total. The molecule has 2 aromatic heterocycles. The number of benzene rings is 2. The number of amides is 1. The maximum Gasteiger partial charge on any atom is 0.332 e. The molecule has 30 heavy (non-hydrogen) atoms. The van der Waals surface area contributed by atoms with E-state index in [1.54, 1.807) is 4.52 Å². The van der Waals surface area contributed by atoms with Gasteiger partial charge in [-0.2, -0.15) is 5.10 Å². The molecule has 0 spiro atoms. The summed E-state index contributed by atoms with van der Waals surface area (Å²) >= 11 is 0. The zero-order valence-electron chi connectivity index (χ0n) is 16.3. The van der Waals surface area contributed by atoms with Crippen LogP contribution in [0.4, 0.5) is 5.69 Å². The van der Waals surface area contributed by atoms with Gasteiger partial charge in [0.15, 0.2) is 6.04 Å². The van der Waals surface area contributed by atoms with Gasteiger partial charge in [-0.15, -0.1) is 0 Å². The van der Waals surface area contributed by atoms with E-state index in [9.17, 15) is 9.59 Å². The third-order valence-electron chi connectivity index (χ3n) is 4.87. The monoisotopic (exact) mass is 400 g/mol. The number of nitrogens with zero attached hydrogens (tertiary/aromatic N) is 2. The van der Waals surface area contributed by atoms with Crippen LogP contribution >= 0.6 is 0 Å². The summed E-state index contributed by atoms with van der Waals surface area (Å²) in [6.45, 7) is 0. The molecule has 0 aliphatic rings. The van der Waals surface area contributed by atoms with E-state index in [-0.39, 0.29) is 5.56 Å². The van der Waals surface area contributed by atoms with Crippen LogP contribution in [-0.2, 0) is 9.53 Å². The van der Waals surface area contributed by atoms with Gasteiger partial charge < -0.3 is 15.8 Å². The zero-order chi connectivity index (χ0) is 21.1. The Morgan fingerprint density at radius 2 is 1.70 bits per heavy atom. The number of aromatic nitrogens is 2. The molecule has 3 N–H and O–H groups in total. The third kappa shape index (κ3) is 3.60. The van der Waals surface area contributed by atoms with Gasteiger partial charge in [-0.1, -0.05) is 60.7 Å². The summed E-state index contributed by atoms with van der Waals surface area (Å²) in [7, 11) is 1.32. The lowest BCUT2D eigenvalue weighted by atomic mass is 10.1. The molecule has 4 aromatic rings. The third-order valence-corrected chi connectivity index (χ3v) is 4.87. The number of nitrogens with one attached hydrogen (secondary N) is 1. The largest absolute Gasteiger partial charge is 0.467 e. The van der Waals surface area contributed by atoms with Crippen molar-refractivity contribution in [1.82, 2.24) is 9.61 Å². The molecule has 0 unspecified atom stereocenters. The van der Waals surface area contributed by atoms with Crippen LogP contribution in [-0.4, -0.2) is 28.6 Å². The van der Waals surface area contributed by atoms with Crippen LogP contribution in [0.15, 0.2) is 79.1 Å². The number of ether oxygens (including phenoxy) is 1. The van der Waals surface area contributed by atoms with Gasteiger partial charge in [0.2, 0.25) is 0 Å². The van der Waals surface area contributed by atoms with Crippen molar-refractivity contribution < 1.29 is 14.3 Å². The second-order valence-electron chi connectivity index (χ2n) is 6.73. The van der Waals surface area contributed by atoms with Crippen molar-refractivity contribution in [2.45, 2.75) is 6.04 Å². The van der Waals surface area contributed by atoms with E-state index >= 15 is 0 Å². The van der Waals surface area contributed by atoms with Crippen LogP contribution in [0.2, 0.25) is 0 Å². The quantitative estimate of drug-likeness (QED) is 0.483. The van der Waals surface area contributed by atoms with Crippen LogP contribution in [0.25, 0.3) is 16.6 Å². The summed E-state index contributed by atoms with van der Waals surface area (Å²) in [5.74, 6) is -1.13. The van der Waals surface area contributed by atoms with Crippen molar-refractivity contribution in [3.63, 3.8) is 0 Å². The Kier molecular flexibility index (Phi) is 5.17. The molecule has 0 fully saturated rings. The Labute approximate surface area is 173 Å². The fraction of sp³-hybridized carbons (Fsp3) is 0.0870. The van der Waals surface area contributed by atoms with Gasteiger partial charge in [0, 0.05) is 11.8 Å². The summed E-state index contributed by atoms with van der Waals surface area (Å²) in [5, 5.41) is 7.48. The minimum absolute atomic E-state index is 0.185. The highest BCUT2D eigenvalue weighted by atomic mass is 16.5. The second-order valence-corrected chi connectivity index (χ2v) is 6.73. The number of carbonyl (C=O) groups is 2. The average Bonchev–Trinajstić information content (AvgIpc) is 3.22. The molecule has 0 aliphatic heterocycles. The molecule has 2 aromatic carbocycles. The molecule has 0 bridgehead atoms. The molecule has 0 aliphatic carbocycles. The van der Waals surface area contributed by atoms with E-state index in [0.29, 0.717) is 16.8 Å². The minimum Gasteiger partial charge on any atom is -0.467 e. The predicted octanol–water partition coefficient (Wildman–Crippen LogP) is 3.43. The molecule has 0 saturated carbocycles. The first-order chi connectivity index (χ1) is 14.6. The predicted molar refractivity (Wildman–Crippen MR) is 114 cm³/mol. The summed E-state index contributed by atoms with van der Waals surface area (Å²) in [6, 6.07) is 20.0. The molecule has 0 saturated heterocycles. The van der Waals surface area contributed by atoms with Crippen molar-refractivity contribution in [3.8, 4) is 11.1 Å². The lowest BCUT2D eigenvalue weighted by Crippen LogP contribution is -2.25. The summed E-state index contributed by atoms with van der Waals surface area (Å²) < 4.78 is 6.64. The summed E-state index contributed by atoms with van der Waals surface area (Å²) in [4.78, 5) is 24.7. The minimum atomic E-state index is -0.824. The first-order valence-electron chi connectivity index (χ1n) is 9.34. The Bertz CT molecular complexity index is 1200. The van der Waals surface area contributed by atoms with E-state index in [2.05, 4.69) is 10.4 Å². The van der Waals surface area contributed by atoms with E-state index in [1.165, 1.54) is 13.3 Å². The summed E-state index contributed by atoms with van der Waals surface area (Å²) in [5.41, 5.74) is 9.44. The normalized spacial score (nSPS) is 11.8. The molecule has 4 rings (SSSR count). The Morgan fingerprint density at radius 1 is 1.03 bits per heavy atom. The van der Waals surface area contributed by atoms with Crippen LogP contribution in [0.1, 0.15) is 22.0 Å². The number of hydrogen-bond donors (Lipinski definition) is 2. The number of primary amides is 1. The molecule has 0 radical (unpaired) electrons. The maximum absolute atomic E-state index is 12.5. The summed E-state index contributed by atoms with van der Waals surface area (Å²) in [6.07, 6.45) is 3.25. The molecular weight excluding hydrogens is 380 g/mol. The second kappa shape index (κ2) is 8.08. The van der Waals surface area contributed by atoms with E-state index in [0.717, 1.165) is 11.1 Å². The average molecular weight is 400 g/mol. The van der Waals surface area contributed by atoms with E-state index < -0.39 is 17.9 Å². The lowest BCUT2D eigenvalue weighted by Gasteiger charge is -2.20. The molecule has 7 heteroatoms. The number of esters is 1. The number of methoxy groups -OCH3 is 1. The number of nitrogens with two attached hydrogens (primary N) is 1. The smallest absolute Gasteiger partial charge is 0.332 e. The van der Waals surface area contributed by atoms with Crippen LogP contribution in [0.5, 0.6) is 0 Å². The molecular formula is C23H20N4O3. The maximum atomic E-state index is 12.5. The number of hydrogen-bond acceptors (Lipinski definition) is 5. The fourth-order valence-corrected chi connectivity index (χ4v) is 3.37. The standard InChI is InChI=1S/C23H20N4O3/c1-30-23(29)20(16-10-6-3-7-11-16)26-21-18(22(24)28)13-25-27-14-17(12-19(21)27)15-8-4-2-5-9-15/h2-14,20,26H,1H3,(H2,24,28)/t20-/m0/s1. The Balaban J connectivity index is 1.86. The highest BCUT2D eigenvalue weighted by Gasteiger charge is 2.25. The van der Waals surface area contributed by atoms with Gasteiger partial charge in [-0.25, -0.2) is 9.31 Å². The number of rotatable bonds is 6. The van der Waals surface area contributed by atoms with E-state index in [4.69, 9.17) is 10.5 Å². The Morgan fingerprint density at radius 3 is 2.33 bits per heavy atom. The molecule has 2 heterocycles. The highest BCUT2D eigenvalue weighted by molar-refractivity contribution is 6.03. The number of fused-ring (bicyclic) bond motifs is 1. The Hall–Kier alpha value is -4.13. The van der Waals surface area contributed by atoms with Gasteiger partial charge in [0.1, 0.15) is 0 Å². The van der Waals surface area contributed by atoms with Crippen molar-refractivity contribution in [1.29, 1.82) is 0 Å². The van der Waals surface area contributed by atoms with Gasteiger partial charge in [0.05, 0.1) is 30.1 Å². The lowest BCUT2D eigenvalue weighted by molar-refractivity contribution is -0.141. The van der Waals surface area contributed by atoms with Crippen molar-refractivity contribution in [3.05, 3.63) is 90.3 Å². The van der Waals surface area contributed by atoms with Crippen LogP contribution < -0.4 is 11.1 Å². The molecule has 150 valence electrons. The molecule has 1 atom stereocenters. The first kappa shape index (κ1) is 19.2. The first-order valence-corrected chi connectivity index (χ1v) is 9.34. The van der Waals surface area contributed by atoms with Crippen molar-refractivity contribution >= 4 is 23.1 Å². The zero-order valence-corrected chi connectivity index (χ0v) is 16.3. The van der Waals surface area contributed by atoms with Crippen LogP contribution in [0.3, 0.4) is 0 Å². The van der Waals surface area contributed by atoms with Gasteiger partial charge in [-0.3, -0.25) is 4.79 Å². The van der Waals surface area contributed by atoms with E-state index in [1.807, 2.05) is 72.9 Å².